The Morgan fingerprint density at radius 1 is 1.53 bits per heavy atom. The molecule has 1 saturated heterocycles. The molecule has 0 aromatic carbocycles. The summed E-state index contributed by atoms with van der Waals surface area (Å²) >= 11 is 0. The van der Waals surface area contributed by atoms with Crippen molar-refractivity contribution in [1.82, 2.24) is 25.2 Å². The highest BCUT2D eigenvalue weighted by atomic mass is 16.2. The molecule has 0 bridgehead atoms. The van der Waals surface area contributed by atoms with Gasteiger partial charge in [0.25, 0.3) is 0 Å². The number of likely N-dealkylation sites (tertiary alicyclic amines) is 1. The van der Waals surface area contributed by atoms with Crippen LogP contribution >= 0.6 is 0 Å². The van der Waals surface area contributed by atoms with Gasteiger partial charge in [0, 0.05) is 25.3 Å². The number of rotatable bonds is 5. The summed E-state index contributed by atoms with van der Waals surface area (Å²) in [4.78, 5) is 13.9. The number of nitrogens with zero attached hydrogens (tertiary/aromatic N) is 4. The summed E-state index contributed by atoms with van der Waals surface area (Å²) in [6, 6.07) is 0.338. The van der Waals surface area contributed by atoms with E-state index in [2.05, 4.69) is 29.5 Å². The molecule has 1 aromatic rings. The molecule has 6 heteroatoms. The normalized spacial score (nSPS) is 20.5. The van der Waals surface area contributed by atoms with Gasteiger partial charge in [0.05, 0.1) is 18.8 Å². The molecule has 2 heterocycles. The highest BCUT2D eigenvalue weighted by molar-refractivity contribution is 5.83. The summed E-state index contributed by atoms with van der Waals surface area (Å²) in [6.07, 6.45) is 4.35. The molecule has 0 radical (unpaired) electrons. The minimum atomic E-state index is -0.00857. The Hall–Kier alpha value is -1.43. The number of nitrogens with one attached hydrogen (secondary N) is 1. The van der Waals surface area contributed by atoms with E-state index in [-0.39, 0.29) is 11.9 Å². The highest BCUT2D eigenvalue weighted by Gasteiger charge is 2.31. The first-order valence-electron chi connectivity index (χ1n) is 6.06. The van der Waals surface area contributed by atoms with Crippen LogP contribution in [0.25, 0.3) is 0 Å². The van der Waals surface area contributed by atoms with E-state index in [4.69, 9.17) is 0 Å². The summed E-state index contributed by atoms with van der Waals surface area (Å²) in [5.41, 5.74) is 0. The van der Waals surface area contributed by atoms with Crippen molar-refractivity contribution in [3.8, 4) is 0 Å². The summed E-state index contributed by atoms with van der Waals surface area (Å²) in [7, 11) is 0. The predicted octanol–water partition coefficient (Wildman–Crippen LogP) is -0.123. The first kappa shape index (κ1) is 12.0. The molecule has 17 heavy (non-hydrogen) atoms. The highest BCUT2D eigenvalue weighted by Crippen LogP contribution is 2.11. The molecule has 2 rings (SSSR count). The van der Waals surface area contributed by atoms with Crippen LogP contribution < -0.4 is 5.32 Å². The van der Waals surface area contributed by atoms with Gasteiger partial charge in [0.15, 0.2) is 0 Å². The Balaban J connectivity index is 1.81. The Morgan fingerprint density at radius 2 is 2.35 bits per heavy atom. The molecule has 0 saturated carbocycles. The largest absolute Gasteiger partial charge is 0.339 e. The van der Waals surface area contributed by atoms with Gasteiger partial charge in [-0.05, 0) is 6.42 Å². The van der Waals surface area contributed by atoms with Crippen LogP contribution in [0.5, 0.6) is 0 Å². The zero-order chi connectivity index (χ0) is 12.3. The molecule has 1 unspecified atom stereocenters. The number of carbonyl (C=O) groups is 1. The van der Waals surface area contributed by atoms with Gasteiger partial charge in [-0.3, -0.25) is 9.48 Å². The Morgan fingerprint density at radius 3 is 3.00 bits per heavy atom. The summed E-state index contributed by atoms with van der Waals surface area (Å²) < 4.78 is 1.75. The van der Waals surface area contributed by atoms with Gasteiger partial charge in [-0.2, -0.15) is 0 Å². The van der Waals surface area contributed by atoms with Gasteiger partial charge in [0.2, 0.25) is 5.91 Å². The van der Waals surface area contributed by atoms with Crippen LogP contribution in [0.1, 0.15) is 20.3 Å². The van der Waals surface area contributed by atoms with E-state index < -0.39 is 0 Å². The lowest BCUT2D eigenvalue weighted by atomic mass is 10.2. The van der Waals surface area contributed by atoms with Gasteiger partial charge < -0.3 is 10.2 Å². The summed E-state index contributed by atoms with van der Waals surface area (Å²) in [5, 5.41) is 10.9. The third kappa shape index (κ3) is 3.03. The molecule has 0 spiro atoms. The fourth-order valence-corrected chi connectivity index (χ4v) is 2.09. The lowest BCUT2D eigenvalue weighted by molar-refractivity contribution is -0.129. The smallest absolute Gasteiger partial charge is 0.239 e. The molecule has 0 aliphatic carbocycles. The van der Waals surface area contributed by atoms with E-state index in [1.807, 2.05) is 11.1 Å². The maximum Gasteiger partial charge on any atom is 0.239 e. The van der Waals surface area contributed by atoms with Crippen LogP contribution in [-0.4, -0.2) is 51.0 Å². The van der Waals surface area contributed by atoms with E-state index in [1.54, 1.807) is 10.9 Å². The van der Waals surface area contributed by atoms with E-state index in [0.29, 0.717) is 19.1 Å². The maximum absolute atomic E-state index is 12.0. The zero-order valence-corrected chi connectivity index (χ0v) is 10.3. The monoisotopic (exact) mass is 237 g/mol. The number of carbonyl (C=O) groups excluding carboxylic acids is 1. The fraction of sp³-hybridized carbons (Fsp3) is 0.727. The van der Waals surface area contributed by atoms with Crippen LogP contribution in [0.2, 0.25) is 0 Å². The second-order valence-electron chi connectivity index (χ2n) is 4.65. The lowest BCUT2D eigenvalue weighted by Gasteiger charge is -2.18. The van der Waals surface area contributed by atoms with Crippen LogP contribution in [-0.2, 0) is 11.3 Å². The van der Waals surface area contributed by atoms with E-state index in [9.17, 15) is 4.79 Å². The standard InChI is InChI=1S/C11H19N5O/c1-9(2)13-10-3-5-15(11(10)17)7-8-16-6-4-12-14-16/h4,6,9-10,13H,3,5,7-8H2,1-2H3. The Bertz CT molecular complexity index is 362. The summed E-state index contributed by atoms with van der Waals surface area (Å²) in [6.45, 7) is 6.37. The second-order valence-corrected chi connectivity index (χ2v) is 4.65. The number of amides is 1. The third-order valence-electron chi connectivity index (χ3n) is 2.90. The number of aromatic nitrogens is 3. The molecule has 1 fully saturated rings. The SMILES string of the molecule is CC(C)NC1CCN(CCn2ccnn2)C1=O. The van der Waals surface area contributed by atoms with E-state index >= 15 is 0 Å². The molecule has 6 nitrogen and oxygen atoms in total. The zero-order valence-electron chi connectivity index (χ0n) is 10.3. The summed E-state index contributed by atoms with van der Waals surface area (Å²) in [5.74, 6) is 0.207. The minimum absolute atomic E-state index is 0.00857. The second kappa shape index (κ2) is 5.27. The average molecular weight is 237 g/mol. The van der Waals surface area contributed by atoms with Crippen molar-refractivity contribution in [2.24, 2.45) is 0 Å². The molecule has 1 atom stereocenters. The van der Waals surface area contributed by atoms with Gasteiger partial charge in [-0.15, -0.1) is 5.10 Å². The quantitative estimate of drug-likeness (QED) is 0.775. The van der Waals surface area contributed by atoms with Gasteiger partial charge in [0.1, 0.15) is 0 Å². The first-order valence-corrected chi connectivity index (χ1v) is 6.06. The molecular formula is C11H19N5O. The molecule has 1 amide bonds. The van der Waals surface area contributed by atoms with Crippen molar-refractivity contribution in [1.29, 1.82) is 0 Å². The van der Waals surface area contributed by atoms with Crippen LogP contribution in [0, 0.1) is 0 Å². The lowest BCUT2D eigenvalue weighted by Crippen LogP contribution is -2.42. The topological polar surface area (TPSA) is 63.1 Å². The molecule has 1 aliphatic rings. The average Bonchev–Trinajstić information content (AvgIpc) is 2.88. The van der Waals surface area contributed by atoms with Crippen LogP contribution in [0.15, 0.2) is 12.4 Å². The van der Waals surface area contributed by atoms with Crippen molar-refractivity contribution in [2.75, 3.05) is 13.1 Å². The minimum Gasteiger partial charge on any atom is -0.339 e. The Kier molecular flexibility index (Phi) is 3.73. The van der Waals surface area contributed by atoms with Crippen LogP contribution in [0.3, 0.4) is 0 Å². The number of hydrogen-bond acceptors (Lipinski definition) is 4. The molecule has 1 N–H and O–H groups in total. The molecule has 94 valence electrons. The molecule has 1 aromatic heterocycles. The Labute approximate surface area is 101 Å². The van der Waals surface area contributed by atoms with Gasteiger partial charge >= 0.3 is 0 Å². The van der Waals surface area contributed by atoms with Crippen molar-refractivity contribution in [3.63, 3.8) is 0 Å². The van der Waals surface area contributed by atoms with Gasteiger partial charge in [-0.25, -0.2) is 0 Å². The van der Waals surface area contributed by atoms with E-state index in [1.165, 1.54) is 0 Å². The van der Waals surface area contributed by atoms with Crippen molar-refractivity contribution < 1.29 is 4.79 Å². The van der Waals surface area contributed by atoms with Crippen molar-refractivity contribution in [2.45, 2.75) is 38.9 Å². The first-order chi connectivity index (χ1) is 8.16. The van der Waals surface area contributed by atoms with Crippen molar-refractivity contribution in [3.05, 3.63) is 12.4 Å². The maximum atomic E-state index is 12.0. The molecular weight excluding hydrogens is 218 g/mol. The van der Waals surface area contributed by atoms with Gasteiger partial charge in [-0.1, -0.05) is 19.1 Å². The van der Waals surface area contributed by atoms with Crippen LogP contribution in [0.4, 0.5) is 0 Å². The predicted molar refractivity (Wildman–Crippen MR) is 63.3 cm³/mol. The van der Waals surface area contributed by atoms with Crippen molar-refractivity contribution >= 4 is 5.91 Å². The molecule has 1 aliphatic heterocycles. The third-order valence-corrected chi connectivity index (χ3v) is 2.90. The number of hydrogen-bond donors (Lipinski definition) is 1. The fourth-order valence-electron chi connectivity index (χ4n) is 2.09. The van der Waals surface area contributed by atoms with E-state index in [0.717, 1.165) is 13.0 Å².